The second-order valence-electron chi connectivity index (χ2n) is 5.28. The topological polar surface area (TPSA) is 67.2 Å². The molecule has 0 aliphatic carbocycles. The van der Waals surface area contributed by atoms with Gasteiger partial charge in [-0.2, -0.15) is 0 Å². The maximum atomic E-state index is 11.5. The standard InChI is InChI=1S/C16H27N3O/c1-4-5-6-7-8-12(2)19-15-10-9-13(11-14(15)17)16(20)18-3/h9-12,19H,4-8,17H2,1-3H3,(H,18,20). The van der Waals surface area contributed by atoms with E-state index in [0.717, 1.165) is 12.1 Å². The molecular formula is C16H27N3O. The van der Waals surface area contributed by atoms with Gasteiger partial charge in [0.1, 0.15) is 0 Å². The van der Waals surface area contributed by atoms with Crippen molar-refractivity contribution in [1.82, 2.24) is 5.32 Å². The van der Waals surface area contributed by atoms with Crippen LogP contribution in [0.4, 0.5) is 11.4 Å². The third kappa shape index (κ3) is 5.11. The molecule has 20 heavy (non-hydrogen) atoms. The number of hydrogen-bond acceptors (Lipinski definition) is 3. The van der Waals surface area contributed by atoms with E-state index in [1.54, 1.807) is 19.2 Å². The Hall–Kier alpha value is -1.71. The molecular weight excluding hydrogens is 250 g/mol. The molecule has 1 amide bonds. The van der Waals surface area contributed by atoms with Crippen LogP contribution in [0.2, 0.25) is 0 Å². The van der Waals surface area contributed by atoms with Crippen LogP contribution in [0.25, 0.3) is 0 Å². The van der Waals surface area contributed by atoms with Crippen LogP contribution in [0, 0.1) is 0 Å². The molecule has 1 aromatic carbocycles. The fraction of sp³-hybridized carbons (Fsp3) is 0.562. The van der Waals surface area contributed by atoms with Crippen LogP contribution in [-0.4, -0.2) is 19.0 Å². The average molecular weight is 277 g/mol. The van der Waals surface area contributed by atoms with E-state index in [-0.39, 0.29) is 5.91 Å². The summed E-state index contributed by atoms with van der Waals surface area (Å²) in [5, 5.41) is 6.01. The monoisotopic (exact) mass is 277 g/mol. The van der Waals surface area contributed by atoms with Gasteiger partial charge in [-0.3, -0.25) is 4.79 Å². The molecule has 1 rings (SSSR count). The maximum absolute atomic E-state index is 11.5. The van der Waals surface area contributed by atoms with Crippen molar-refractivity contribution < 1.29 is 4.79 Å². The summed E-state index contributed by atoms with van der Waals surface area (Å²) < 4.78 is 0. The molecule has 0 bridgehead atoms. The number of nitrogens with one attached hydrogen (secondary N) is 2. The van der Waals surface area contributed by atoms with Crippen molar-refractivity contribution in [3.05, 3.63) is 23.8 Å². The highest BCUT2D eigenvalue weighted by Crippen LogP contribution is 2.21. The number of carbonyl (C=O) groups excluding carboxylic acids is 1. The van der Waals surface area contributed by atoms with E-state index in [1.807, 2.05) is 6.07 Å². The molecule has 4 N–H and O–H groups in total. The summed E-state index contributed by atoms with van der Waals surface area (Å²) in [4.78, 5) is 11.5. The molecule has 0 fully saturated rings. The average Bonchev–Trinajstić information content (AvgIpc) is 2.45. The zero-order valence-corrected chi connectivity index (χ0v) is 12.8. The van der Waals surface area contributed by atoms with Crippen LogP contribution in [-0.2, 0) is 0 Å². The fourth-order valence-electron chi connectivity index (χ4n) is 2.19. The summed E-state index contributed by atoms with van der Waals surface area (Å²) in [7, 11) is 1.61. The van der Waals surface area contributed by atoms with E-state index in [2.05, 4.69) is 24.5 Å². The molecule has 4 nitrogen and oxygen atoms in total. The lowest BCUT2D eigenvalue weighted by molar-refractivity contribution is 0.0963. The summed E-state index contributed by atoms with van der Waals surface area (Å²) in [6.07, 6.45) is 6.22. The van der Waals surface area contributed by atoms with Gasteiger partial charge < -0.3 is 16.4 Å². The SMILES string of the molecule is CCCCCCC(C)Nc1ccc(C(=O)NC)cc1N. The molecule has 112 valence electrons. The summed E-state index contributed by atoms with van der Waals surface area (Å²) in [6.45, 7) is 4.38. The van der Waals surface area contributed by atoms with Gasteiger partial charge in [-0.15, -0.1) is 0 Å². The first-order chi connectivity index (χ1) is 9.58. The molecule has 1 atom stereocenters. The molecule has 4 heteroatoms. The van der Waals surface area contributed by atoms with Gasteiger partial charge in [-0.1, -0.05) is 32.6 Å². The van der Waals surface area contributed by atoms with Crippen LogP contribution < -0.4 is 16.4 Å². The van der Waals surface area contributed by atoms with Gasteiger partial charge >= 0.3 is 0 Å². The number of amides is 1. The largest absolute Gasteiger partial charge is 0.397 e. The minimum Gasteiger partial charge on any atom is -0.397 e. The third-order valence-corrected chi connectivity index (χ3v) is 3.43. The minimum absolute atomic E-state index is 0.115. The van der Waals surface area contributed by atoms with Gasteiger partial charge in [0.05, 0.1) is 11.4 Å². The highest BCUT2D eigenvalue weighted by Gasteiger charge is 2.08. The zero-order chi connectivity index (χ0) is 15.0. The second-order valence-corrected chi connectivity index (χ2v) is 5.28. The first kappa shape index (κ1) is 16.3. The van der Waals surface area contributed by atoms with Gasteiger partial charge in [-0.25, -0.2) is 0 Å². The number of hydrogen-bond donors (Lipinski definition) is 3. The van der Waals surface area contributed by atoms with Crippen molar-refractivity contribution in [2.24, 2.45) is 0 Å². The molecule has 1 aromatic rings. The molecule has 0 saturated carbocycles. The molecule has 0 spiro atoms. The zero-order valence-electron chi connectivity index (χ0n) is 12.8. The van der Waals surface area contributed by atoms with Gasteiger partial charge in [0, 0.05) is 18.7 Å². The molecule has 0 aliphatic heterocycles. The molecule has 0 heterocycles. The Balaban J connectivity index is 2.53. The number of nitrogens with two attached hydrogens (primary N) is 1. The fourth-order valence-corrected chi connectivity index (χ4v) is 2.19. The lowest BCUT2D eigenvalue weighted by Crippen LogP contribution is -2.19. The quantitative estimate of drug-likeness (QED) is 0.504. The molecule has 0 aliphatic rings. The predicted molar refractivity (Wildman–Crippen MR) is 86.1 cm³/mol. The second kappa shape index (κ2) is 8.46. The number of rotatable bonds is 8. The van der Waals surface area contributed by atoms with Gasteiger partial charge in [0.2, 0.25) is 0 Å². The number of anilines is 2. The Morgan fingerprint density at radius 3 is 2.65 bits per heavy atom. The van der Waals surface area contributed by atoms with Crippen molar-refractivity contribution in [3.8, 4) is 0 Å². The van der Waals surface area contributed by atoms with Crippen molar-refractivity contribution in [2.45, 2.75) is 52.0 Å². The Morgan fingerprint density at radius 1 is 1.30 bits per heavy atom. The smallest absolute Gasteiger partial charge is 0.251 e. The van der Waals surface area contributed by atoms with Crippen molar-refractivity contribution in [2.75, 3.05) is 18.1 Å². The van der Waals surface area contributed by atoms with E-state index in [9.17, 15) is 4.79 Å². The van der Waals surface area contributed by atoms with Crippen molar-refractivity contribution in [1.29, 1.82) is 0 Å². The normalized spacial score (nSPS) is 11.9. The molecule has 1 unspecified atom stereocenters. The molecule has 0 radical (unpaired) electrons. The number of unbranched alkanes of at least 4 members (excludes halogenated alkanes) is 3. The van der Waals surface area contributed by atoms with Crippen LogP contribution in [0.1, 0.15) is 56.3 Å². The van der Waals surface area contributed by atoms with Crippen LogP contribution >= 0.6 is 0 Å². The van der Waals surface area contributed by atoms with Crippen molar-refractivity contribution >= 4 is 17.3 Å². The Bertz CT molecular complexity index is 432. The minimum atomic E-state index is -0.115. The number of benzene rings is 1. The number of carbonyl (C=O) groups is 1. The van der Waals surface area contributed by atoms with Gasteiger partial charge in [0.15, 0.2) is 0 Å². The molecule has 0 saturated heterocycles. The first-order valence-electron chi connectivity index (χ1n) is 7.46. The first-order valence-corrected chi connectivity index (χ1v) is 7.46. The summed E-state index contributed by atoms with van der Waals surface area (Å²) in [6, 6.07) is 5.77. The lowest BCUT2D eigenvalue weighted by atomic mass is 10.1. The highest BCUT2D eigenvalue weighted by molar-refractivity contribution is 5.95. The van der Waals surface area contributed by atoms with Crippen LogP contribution in [0.3, 0.4) is 0 Å². The predicted octanol–water partition coefficient (Wildman–Crippen LogP) is 3.40. The van der Waals surface area contributed by atoms with E-state index in [1.165, 1.54) is 25.7 Å². The van der Waals surface area contributed by atoms with Crippen LogP contribution in [0.15, 0.2) is 18.2 Å². The van der Waals surface area contributed by atoms with E-state index in [0.29, 0.717) is 17.3 Å². The van der Waals surface area contributed by atoms with Crippen molar-refractivity contribution in [3.63, 3.8) is 0 Å². The summed E-state index contributed by atoms with van der Waals surface area (Å²) in [5.74, 6) is -0.115. The maximum Gasteiger partial charge on any atom is 0.251 e. The Kier molecular flexibility index (Phi) is 6.91. The highest BCUT2D eigenvalue weighted by atomic mass is 16.1. The summed E-state index contributed by atoms with van der Waals surface area (Å²) in [5.41, 5.74) is 8.11. The lowest BCUT2D eigenvalue weighted by Gasteiger charge is -2.17. The third-order valence-electron chi connectivity index (χ3n) is 3.43. The van der Waals surface area contributed by atoms with Crippen LogP contribution in [0.5, 0.6) is 0 Å². The Labute approximate surface area is 122 Å². The number of nitrogen functional groups attached to an aromatic ring is 1. The van der Waals surface area contributed by atoms with Gasteiger partial charge in [0.25, 0.3) is 5.91 Å². The van der Waals surface area contributed by atoms with Gasteiger partial charge in [-0.05, 0) is 31.5 Å². The van der Waals surface area contributed by atoms with E-state index < -0.39 is 0 Å². The summed E-state index contributed by atoms with van der Waals surface area (Å²) >= 11 is 0. The molecule has 0 aromatic heterocycles. The van der Waals surface area contributed by atoms with E-state index >= 15 is 0 Å². The Morgan fingerprint density at radius 2 is 2.05 bits per heavy atom. The van der Waals surface area contributed by atoms with E-state index in [4.69, 9.17) is 5.73 Å².